The molecule has 0 aliphatic heterocycles. The molecule has 0 bridgehead atoms. The van der Waals surface area contributed by atoms with E-state index >= 15 is 0 Å². The van der Waals surface area contributed by atoms with Crippen LogP contribution in [0, 0.1) is 0 Å². The van der Waals surface area contributed by atoms with Gasteiger partial charge < -0.3 is 14.8 Å². The summed E-state index contributed by atoms with van der Waals surface area (Å²) in [5, 5.41) is 7.77. The molecule has 1 N–H and O–H groups in total. The SMILES string of the molecule is CCOC(=O)/C=C(\Nc1cc(C2CCC2)nn1C(C)(C)C)C(=O)OCC. The maximum Gasteiger partial charge on any atom is 0.355 e. The first-order valence-corrected chi connectivity index (χ1v) is 9.19. The molecule has 0 aromatic carbocycles. The zero-order valence-corrected chi connectivity index (χ0v) is 16.3. The summed E-state index contributed by atoms with van der Waals surface area (Å²) in [5.74, 6) is -0.0845. The van der Waals surface area contributed by atoms with Crippen molar-refractivity contribution in [3.8, 4) is 0 Å². The van der Waals surface area contributed by atoms with Crippen LogP contribution in [0.5, 0.6) is 0 Å². The predicted molar refractivity (Wildman–Crippen MR) is 98.8 cm³/mol. The highest BCUT2D eigenvalue weighted by Gasteiger charge is 2.28. The van der Waals surface area contributed by atoms with Gasteiger partial charge in [0.15, 0.2) is 0 Å². The molecule has 1 aromatic heterocycles. The largest absolute Gasteiger partial charge is 0.463 e. The number of hydrogen-bond donors (Lipinski definition) is 1. The van der Waals surface area contributed by atoms with Crippen LogP contribution in [-0.4, -0.2) is 34.9 Å². The molecule has 1 heterocycles. The molecule has 1 fully saturated rings. The molecule has 0 unspecified atom stereocenters. The second kappa shape index (κ2) is 8.38. The third-order valence-corrected chi connectivity index (χ3v) is 4.19. The first-order valence-electron chi connectivity index (χ1n) is 9.19. The monoisotopic (exact) mass is 363 g/mol. The standard InChI is InChI=1S/C19H29N3O4/c1-6-25-17(23)12-15(18(24)26-7-2)20-16-11-14(13-9-8-10-13)21-22(16)19(3,4)5/h11-13,20H,6-10H2,1-5H3/b15-12-. The van der Waals surface area contributed by atoms with Gasteiger partial charge in [0.25, 0.3) is 0 Å². The number of carbonyl (C=O) groups is 2. The van der Waals surface area contributed by atoms with Gasteiger partial charge in [0.2, 0.25) is 0 Å². The van der Waals surface area contributed by atoms with Crippen LogP contribution in [0.2, 0.25) is 0 Å². The molecule has 0 spiro atoms. The van der Waals surface area contributed by atoms with E-state index in [0.29, 0.717) is 11.7 Å². The van der Waals surface area contributed by atoms with E-state index < -0.39 is 11.9 Å². The Hall–Kier alpha value is -2.31. The first kappa shape index (κ1) is 20.0. The summed E-state index contributed by atoms with van der Waals surface area (Å²) in [6.45, 7) is 9.99. The minimum Gasteiger partial charge on any atom is -0.463 e. The highest BCUT2D eigenvalue weighted by Crippen LogP contribution is 2.37. The van der Waals surface area contributed by atoms with Crippen molar-refractivity contribution in [2.24, 2.45) is 0 Å². The van der Waals surface area contributed by atoms with Gasteiger partial charge in [-0.3, -0.25) is 0 Å². The van der Waals surface area contributed by atoms with Crippen LogP contribution in [0.25, 0.3) is 0 Å². The summed E-state index contributed by atoms with van der Waals surface area (Å²) in [6.07, 6.45) is 4.60. The molecule has 144 valence electrons. The van der Waals surface area contributed by atoms with Gasteiger partial charge in [0.1, 0.15) is 11.5 Å². The van der Waals surface area contributed by atoms with E-state index in [0.717, 1.165) is 24.6 Å². The number of anilines is 1. The van der Waals surface area contributed by atoms with Crippen molar-refractivity contribution >= 4 is 17.8 Å². The summed E-state index contributed by atoms with van der Waals surface area (Å²) < 4.78 is 11.8. The van der Waals surface area contributed by atoms with Gasteiger partial charge >= 0.3 is 11.9 Å². The van der Waals surface area contributed by atoms with Gasteiger partial charge in [-0.1, -0.05) is 6.42 Å². The Morgan fingerprint density at radius 3 is 2.42 bits per heavy atom. The van der Waals surface area contributed by atoms with E-state index in [9.17, 15) is 9.59 Å². The fraction of sp³-hybridized carbons (Fsp3) is 0.632. The first-order chi connectivity index (χ1) is 12.3. The molecule has 1 aliphatic carbocycles. The van der Waals surface area contributed by atoms with Gasteiger partial charge in [-0.15, -0.1) is 0 Å². The number of carbonyl (C=O) groups excluding carboxylic acids is 2. The molecular formula is C19H29N3O4. The zero-order valence-electron chi connectivity index (χ0n) is 16.3. The molecule has 0 atom stereocenters. The fourth-order valence-electron chi connectivity index (χ4n) is 2.70. The number of ether oxygens (including phenoxy) is 2. The van der Waals surface area contributed by atoms with Crippen LogP contribution in [0.15, 0.2) is 17.8 Å². The fourth-order valence-corrected chi connectivity index (χ4v) is 2.70. The second-order valence-electron chi connectivity index (χ2n) is 7.32. The van der Waals surface area contributed by atoms with Crippen molar-refractivity contribution in [2.45, 2.75) is 65.3 Å². The number of rotatable bonds is 7. The molecule has 1 aliphatic rings. The summed E-state index contributed by atoms with van der Waals surface area (Å²) in [7, 11) is 0. The Kier molecular flexibility index (Phi) is 6.45. The average Bonchev–Trinajstić information content (AvgIpc) is 2.88. The van der Waals surface area contributed by atoms with Crippen molar-refractivity contribution in [1.82, 2.24) is 9.78 Å². The van der Waals surface area contributed by atoms with Gasteiger partial charge in [0.05, 0.1) is 30.5 Å². The third kappa shape index (κ3) is 4.86. The van der Waals surface area contributed by atoms with Gasteiger partial charge in [-0.05, 0) is 47.5 Å². The maximum atomic E-state index is 12.3. The quantitative estimate of drug-likeness (QED) is 0.591. The smallest absolute Gasteiger partial charge is 0.355 e. The minimum atomic E-state index is -0.604. The lowest BCUT2D eigenvalue weighted by Crippen LogP contribution is -2.27. The summed E-state index contributed by atoms with van der Waals surface area (Å²) in [4.78, 5) is 24.1. The lowest BCUT2D eigenvalue weighted by molar-refractivity contribution is -0.140. The third-order valence-electron chi connectivity index (χ3n) is 4.19. The van der Waals surface area contributed by atoms with E-state index in [4.69, 9.17) is 14.6 Å². The molecule has 0 saturated heterocycles. The van der Waals surface area contributed by atoms with Crippen molar-refractivity contribution in [3.63, 3.8) is 0 Å². The Labute approximate surface area is 154 Å². The Bertz CT molecular complexity index is 681. The van der Waals surface area contributed by atoms with Crippen molar-refractivity contribution in [3.05, 3.63) is 23.5 Å². The molecular weight excluding hydrogens is 334 g/mol. The summed E-state index contributed by atoms with van der Waals surface area (Å²) in [6, 6.07) is 1.95. The van der Waals surface area contributed by atoms with Crippen molar-refractivity contribution < 1.29 is 19.1 Å². The topological polar surface area (TPSA) is 82.5 Å². The van der Waals surface area contributed by atoms with Gasteiger partial charge in [-0.25, -0.2) is 14.3 Å². The molecule has 7 nitrogen and oxygen atoms in total. The van der Waals surface area contributed by atoms with Crippen LogP contribution >= 0.6 is 0 Å². The highest BCUT2D eigenvalue weighted by molar-refractivity contribution is 5.98. The number of hydrogen-bond acceptors (Lipinski definition) is 6. The zero-order chi connectivity index (χ0) is 19.3. The summed E-state index contributed by atoms with van der Waals surface area (Å²) in [5.41, 5.74) is 0.762. The predicted octanol–water partition coefficient (Wildman–Crippen LogP) is 3.33. The number of nitrogens with one attached hydrogen (secondary N) is 1. The number of esters is 2. The van der Waals surface area contributed by atoms with E-state index in [1.165, 1.54) is 6.42 Å². The molecule has 0 amide bonds. The number of nitrogens with zero attached hydrogens (tertiary/aromatic N) is 2. The lowest BCUT2D eigenvalue weighted by Gasteiger charge is -2.24. The highest BCUT2D eigenvalue weighted by atomic mass is 16.5. The lowest BCUT2D eigenvalue weighted by atomic mass is 9.83. The van der Waals surface area contributed by atoms with Crippen LogP contribution in [-0.2, 0) is 24.6 Å². The van der Waals surface area contributed by atoms with Crippen molar-refractivity contribution in [2.75, 3.05) is 18.5 Å². The van der Waals surface area contributed by atoms with E-state index in [-0.39, 0.29) is 24.4 Å². The number of aromatic nitrogens is 2. The van der Waals surface area contributed by atoms with Gasteiger partial charge in [0, 0.05) is 12.0 Å². The normalized spacial score (nSPS) is 15.3. The van der Waals surface area contributed by atoms with Crippen LogP contribution in [0.1, 0.15) is 65.5 Å². The molecule has 7 heteroatoms. The molecule has 1 aromatic rings. The second-order valence-corrected chi connectivity index (χ2v) is 7.32. The summed E-state index contributed by atoms with van der Waals surface area (Å²) >= 11 is 0. The molecule has 1 saturated carbocycles. The average molecular weight is 363 g/mol. The Morgan fingerprint density at radius 2 is 1.92 bits per heavy atom. The van der Waals surface area contributed by atoms with E-state index in [1.807, 2.05) is 31.5 Å². The van der Waals surface area contributed by atoms with E-state index in [1.54, 1.807) is 13.8 Å². The van der Waals surface area contributed by atoms with Crippen molar-refractivity contribution in [1.29, 1.82) is 0 Å². The van der Waals surface area contributed by atoms with Gasteiger partial charge in [-0.2, -0.15) is 5.10 Å². The van der Waals surface area contributed by atoms with Crippen LogP contribution < -0.4 is 5.32 Å². The Balaban J connectivity index is 2.35. The minimum absolute atomic E-state index is 0.0378. The Morgan fingerprint density at radius 1 is 1.27 bits per heavy atom. The molecule has 26 heavy (non-hydrogen) atoms. The van der Waals surface area contributed by atoms with E-state index in [2.05, 4.69) is 5.32 Å². The molecule has 2 rings (SSSR count). The van der Waals surface area contributed by atoms with Crippen LogP contribution in [0.3, 0.4) is 0 Å². The maximum absolute atomic E-state index is 12.3. The molecule has 0 radical (unpaired) electrons. The van der Waals surface area contributed by atoms with Crippen LogP contribution in [0.4, 0.5) is 5.82 Å².